The number of benzene rings is 4. The van der Waals surface area contributed by atoms with Crippen LogP contribution >= 0.6 is 0 Å². The molecule has 7 rings (SSSR count). The van der Waals surface area contributed by atoms with Crippen LogP contribution in [0.2, 0.25) is 0 Å². The molecule has 0 radical (unpaired) electrons. The minimum absolute atomic E-state index is 0.281. The first kappa shape index (κ1) is 61.9. The van der Waals surface area contributed by atoms with Gasteiger partial charge in [-0.05, 0) is 63.5 Å². The Hall–Kier alpha value is -5.36. The molecule has 0 aromatic heterocycles. The van der Waals surface area contributed by atoms with Gasteiger partial charge in [0.25, 0.3) is 23.6 Å². The van der Waals surface area contributed by atoms with Crippen molar-refractivity contribution < 1.29 is 19.2 Å². The van der Waals surface area contributed by atoms with Gasteiger partial charge in [0.05, 0.1) is 11.4 Å². The number of amides is 4. The van der Waals surface area contributed by atoms with Crippen LogP contribution in [-0.4, -0.2) is 23.6 Å². The summed E-state index contributed by atoms with van der Waals surface area (Å²) < 4.78 is 0. The third kappa shape index (κ3) is 26.7. The Kier molecular flexibility index (Phi) is 31.8. The molecule has 2 heterocycles. The number of hydrogen-bond acceptors (Lipinski definition) is 4. The van der Waals surface area contributed by atoms with Gasteiger partial charge >= 0.3 is 0 Å². The van der Waals surface area contributed by atoms with Gasteiger partial charge in [0.1, 0.15) is 0 Å². The maximum atomic E-state index is 11.2. The molecule has 0 saturated heterocycles. The monoisotopic (exact) mass is 863 g/mol. The van der Waals surface area contributed by atoms with E-state index in [0.717, 1.165) is 9.80 Å². The lowest BCUT2D eigenvalue weighted by atomic mass is 9.82. The molecule has 0 unspecified atom stereocenters. The Bertz CT molecular complexity index is 1680. The van der Waals surface area contributed by atoms with Crippen molar-refractivity contribution in [1.82, 2.24) is 0 Å². The minimum atomic E-state index is -0.281. The lowest BCUT2D eigenvalue weighted by Gasteiger charge is -2.22. The Balaban J connectivity index is -0.000000689. The van der Waals surface area contributed by atoms with Crippen molar-refractivity contribution in [2.75, 3.05) is 9.80 Å². The molecule has 6 nitrogen and oxygen atoms in total. The second-order valence-electron chi connectivity index (χ2n) is 18.0. The summed E-state index contributed by atoms with van der Waals surface area (Å²) in [6.07, 6.45) is 6.36. The lowest BCUT2D eigenvalue weighted by molar-refractivity contribution is -0.121. The third-order valence-electron chi connectivity index (χ3n) is 7.58. The first-order valence-electron chi connectivity index (χ1n) is 22.8. The van der Waals surface area contributed by atoms with E-state index < -0.39 is 0 Å². The maximum Gasteiger partial charge on any atom is 0.258 e. The van der Waals surface area contributed by atoms with Crippen molar-refractivity contribution in [3.63, 3.8) is 0 Å². The van der Waals surface area contributed by atoms with E-state index in [9.17, 15) is 19.2 Å². The summed E-state index contributed by atoms with van der Waals surface area (Å²) in [6.45, 7) is 42.9. The average Bonchev–Trinajstić information content (AvgIpc) is 3.85. The largest absolute Gasteiger partial charge is 0.269 e. The molecule has 2 aliphatic heterocycles. The van der Waals surface area contributed by atoms with E-state index in [-0.39, 0.29) is 23.6 Å². The van der Waals surface area contributed by atoms with Crippen molar-refractivity contribution in [3.05, 3.63) is 157 Å². The summed E-state index contributed by atoms with van der Waals surface area (Å²) >= 11 is 0. The molecule has 0 saturated carbocycles. The second kappa shape index (κ2) is 32.3. The van der Waals surface area contributed by atoms with E-state index in [1.807, 2.05) is 104 Å². The molecular weight excluding hydrogens is 777 g/mol. The molecule has 0 bridgehead atoms. The zero-order chi connectivity index (χ0) is 49.5. The standard InChI is InChI=1S/C13H18.2C10H7NO2.C6H6.2C5H12.4C2H6/c1-12(2)9-13(3,4)11-8-6-5-7-10(11)12;2*12-9-6-7-10(13)11(9)8-4-2-1-3-5-8;1-2-4-6-5-3-1;2*1-5(2,3)4;4*1-2/h5-8H,9H2,1-4H3;2*1-7H;1-6H;2*1-4H3;4*1-2H3. The molecule has 0 atom stereocenters. The van der Waals surface area contributed by atoms with Gasteiger partial charge in [0, 0.05) is 24.3 Å². The van der Waals surface area contributed by atoms with E-state index >= 15 is 0 Å². The Morgan fingerprint density at radius 1 is 0.349 bits per heavy atom. The summed E-state index contributed by atoms with van der Waals surface area (Å²) in [6, 6.07) is 38.6. The van der Waals surface area contributed by atoms with Gasteiger partial charge in [-0.15, -0.1) is 0 Å². The number of para-hydroxylation sites is 2. The van der Waals surface area contributed by atoms with Gasteiger partial charge in [-0.1, -0.05) is 236 Å². The maximum absolute atomic E-state index is 11.2. The topological polar surface area (TPSA) is 74.8 Å². The van der Waals surface area contributed by atoms with Gasteiger partial charge in [0.2, 0.25) is 0 Å². The van der Waals surface area contributed by atoms with Crippen molar-refractivity contribution >= 4 is 35.0 Å². The summed E-state index contributed by atoms with van der Waals surface area (Å²) in [5.41, 5.74) is 6.03. The van der Waals surface area contributed by atoms with Crippen LogP contribution in [0.15, 0.2) is 146 Å². The Morgan fingerprint density at radius 3 is 0.730 bits per heavy atom. The zero-order valence-electron chi connectivity index (χ0n) is 43.1. The molecule has 4 aromatic carbocycles. The van der Waals surface area contributed by atoms with Crippen molar-refractivity contribution in [1.29, 1.82) is 0 Å². The molecule has 348 valence electrons. The number of carbonyl (C=O) groups is 4. The molecule has 63 heavy (non-hydrogen) atoms. The number of imide groups is 2. The fourth-order valence-corrected chi connectivity index (χ4v) is 5.81. The second-order valence-corrected chi connectivity index (χ2v) is 18.0. The van der Waals surface area contributed by atoms with E-state index in [0.29, 0.717) is 33.0 Å². The smallest absolute Gasteiger partial charge is 0.258 e. The fraction of sp³-hybridized carbons (Fsp3) is 0.439. The average molecular weight is 863 g/mol. The number of rotatable bonds is 2. The SMILES string of the molecule is CC.CC.CC.CC.CC(C)(C)C.CC(C)(C)C.CC1(C)CC(C)(C)c2ccccc21.O=C1C=CC(=O)N1c1ccccc1.O=C1C=CC(=O)N1c1ccccc1.c1ccccc1. The molecule has 1 aliphatic carbocycles. The molecular formula is C57H86N2O4. The van der Waals surface area contributed by atoms with Crippen LogP contribution in [-0.2, 0) is 30.0 Å². The zero-order valence-corrected chi connectivity index (χ0v) is 43.1. The third-order valence-corrected chi connectivity index (χ3v) is 7.58. The first-order chi connectivity index (χ1) is 29.5. The van der Waals surface area contributed by atoms with Crippen LogP contribution in [0, 0.1) is 10.8 Å². The van der Waals surface area contributed by atoms with E-state index in [1.165, 1.54) is 30.7 Å². The molecule has 3 aliphatic rings. The predicted molar refractivity (Wildman–Crippen MR) is 275 cm³/mol. The van der Waals surface area contributed by atoms with E-state index in [2.05, 4.69) is 107 Å². The lowest BCUT2D eigenvalue weighted by Crippen LogP contribution is -2.29. The summed E-state index contributed by atoms with van der Waals surface area (Å²) in [4.78, 5) is 47.1. The highest BCUT2D eigenvalue weighted by atomic mass is 16.2. The van der Waals surface area contributed by atoms with E-state index in [1.54, 1.807) is 59.7 Å². The highest BCUT2D eigenvalue weighted by Crippen LogP contribution is 2.48. The van der Waals surface area contributed by atoms with Crippen molar-refractivity contribution in [2.45, 2.75) is 156 Å². The molecule has 4 amide bonds. The Labute approximate surface area is 385 Å². The molecule has 0 N–H and O–H groups in total. The highest BCUT2D eigenvalue weighted by molar-refractivity contribution is 6.28. The van der Waals surface area contributed by atoms with Gasteiger partial charge in [-0.25, -0.2) is 9.80 Å². The number of fused-ring (bicyclic) bond motifs is 1. The van der Waals surface area contributed by atoms with Gasteiger partial charge in [0.15, 0.2) is 0 Å². The van der Waals surface area contributed by atoms with Crippen LogP contribution in [0.25, 0.3) is 0 Å². The van der Waals surface area contributed by atoms with E-state index in [4.69, 9.17) is 0 Å². The van der Waals surface area contributed by atoms with Crippen LogP contribution in [0.5, 0.6) is 0 Å². The van der Waals surface area contributed by atoms with Gasteiger partial charge in [-0.2, -0.15) is 0 Å². The van der Waals surface area contributed by atoms with Crippen LogP contribution < -0.4 is 9.80 Å². The normalized spacial score (nSPS) is 14.2. The molecule has 0 spiro atoms. The molecule has 0 fully saturated rings. The minimum Gasteiger partial charge on any atom is -0.269 e. The summed E-state index contributed by atoms with van der Waals surface area (Å²) in [5.74, 6) is -1.13. The number of hydrogen-bond donors (Lipinski definition) is 0. The molecule has 6 heteroatoms. The first-order valence-corrected chi connectivity index (χ1v) is 22.8. The summed E-state index contributed by atoms with van der Waals surface area (Å²) in [5, 5.41) is 0. The number of nitrogens with zero attached hydrogens (tertiary/aromatic N) is 2. The van der Waals surface area contributed by atoms with Gasteiger partial charge in [-0.3, -0.25) is 19.2 Å². The highest BCUT2D eigenvalue weighted by Gasteiger charge is 2.41. The van der Waals surface area contributed by atoms with Gasteiger partial charge < -0.3 is 0 Å². The Morgan fingerprint density at radius 2 is 0.524 bits per heavy atom. The number of carbonyl (C=O) groups excluding carboxylic acids is 4. The quantitative estimate of drug-likeness (QED) is 0.188. The molecule has 4 aromatic rings. The van der Waals surface area contributed by atoms with Crippen LogP contribution in [0.3, 0.4) is 0 Å². The fourth-order valence-electron chi connectivity index (χ4n) is 5.81. The number of anilines is 2. The van der Waals surface area contributed by atoms with Crippen LogP contribution in [0.4, 0.5) is 11.4 Å². The van der Waals surface area contributed by atoms with Crippen molar-refractivity contribution in [3.8, 4) is 0 Å². The van der Waals surface area contributed by atoms with Crippen molar-refractivity contribution in [2.24, 2.45) is 10.8 Å². The summed E-state index contributed by atoms with van der Waals surface area (Å²) in [7, 11) is 0. The predicted octanol–water partition coefficient (Wildman–Crippen LogP) is 15.8. The van der Waals surface area contributed by atoms with Crippen LogP contribution in [0.1, 0.15) is 156 Å².